The van der Waals surface area contributed by atoms with Gasteiger partial charge in [-0.2, -0.15) is 0 Å². The van der Waals surface area contributed by atoms with Crippen LogP contribution in [0.5, 0.6) is 17.2 Å². The number of fused-ring (bicyclic) bond motifs is 1. The molecule has 0 aliphatic rings. The quantitative estimate of drug-likeness (QED) is 0.427. The summed E-state index contributed by atoms with van der Waals surface area (Å²) in [5, 5.41) is 13.4. The van der Waals surface area contributed by atoms with Crippen LogP contribution in [-0.2, 0) is 6.61 Å². The second-order valence-electron chi connectivity index (χ2n) is 6.44. The number of anilines is 2. The molecule has 30 heavy (non-hydrogen) atoms. The van der Waals surface area contributed by atoms with Gasteiger partial charge in [0.05, 0.1) is 23.3 Å². The van der Waals surface area contributed by atoms with E-state index >= 15 is 0 Å². The first kappa shape index (κ1) is 19.7. The van der Waals surface area contributed by atoms with Crippen LogP contribution in [0.3, 0.4) is 0 Å². The summed E-state index contributed by atoms with van der Waals surface area (Å²) in [6.07, 6.45) is 5.02. The van der Waals surface area contributed by atoms with Crippen LogP contribution in [0, 0.1) is 5.82 Å². The van der Waals surface area contributed by atoms with Crippen molar-refractivity contribution >= 4 is 33.9 Å². The first-order valence-electron chi connectivity index (χ1n) is 8.98. The summed E-state index contributed by atoms with van der Waals surface area (Å²) in [6, 6.07) is 11.2. The Hall–Kier alpha value is -3.58. The van der Waals surface area contributed by atoms with E-state index in [1.54, 1.807) is 43.9 Å². The number of pyridine rings is 2. The molecule has 0 saturated heterocycles. The number of benzene rings is 2. The van der Waals surface area contributed by atoms with Gasteiger partial charge >= 0.3 is 0 Å². The molecule has 2 heterocycles. The summed E-state index contributed by atoms with van der Waals surface area (Å²) in [4.78, 5) is 8.45. The molecule has 0 spiro atoms. The summed E-state index contributed by atoms with van der Waals surface area (Å²) in [5.41, 5.74) is 2.21. The van der Waals surface area contributed by atoms with Crippen molar-refractivity contribution in [1.82, 2.24) is 9.97 Å². The fourth-order valence-corrected chi connectivity index (χ4v) is 3.11. The molecular formula is C22H17ClFN3O3. The molecule has 8 heteroatoms. The van der Waals surface area contributed by atoms with Crippen molar-refractivity contribution in [2.45, 2.75) is 6.61 Å². The van der Waals surface area contributed by atoms with Crippen LogP contribution >= 0.6 is 11.6 Å². The first-order valence-corrected chi connectivity index (χ1v) is 9.36. The van der Waals surface area contributed by atoms with Crippen LogP contribution in [0.1, 0.15) is 5.56 Å². The molecule has 0 saturated carbocycles. The van der Waals surface area contributed by atoms with Gasteiger partial charge in [-0.3, -0.25) is 9.97 Å². The highest BCUT2D eigenvalue weighted by molar-refractivity contribution is 6.32. The second kappa shape index (κ2) is 8.42. The van der Waals surface area contributed by atoms with E-state index in [1.165, 1.54) is 6.07 Å². The van der Waals surface area contributed by atoms with Crippen molar-refractivity contribution < 1.29 is 19.0 Å². The Balaban J connectivity index is 1.68. The Morgan fingerprint density at radius 3 is 2.73 bits per heavy atom. The molecule has 0 radical (unpaired) electrons. The minimum absolute atomic E-state index is 0.0605. The molecule has 2 aromatic carbocycles. The Kier molecular flexibility index (Phi) is 5.54. The lowest BCUT2D eigenvalue weighted by atomic mass is 10.1. The lowest BCUT2D eigenvalue weighted by Crippen LogP contribution is -2.00. The van der Waals surface area contributed by atoms with Crippen LogP contribution in [0.25, 0.3) is 10.9 Å². The van der Waals surface area contributed by atoms with E-state index in [9.17, 15) is 9.50 Å². The average molecular weight is 426 g/mol. The number of rotatable bonds is 6. The number of hydrogen-bond acceptors (Lipinski definition) is 6. The third-order valence-electron chi connectivity index (χ3n) is 4.45. The lowest BCUT2D eigenvalue weighted by molar-refractivity contribution is 0.284. The van der Waals surface area contributed by atoms with Gasteiger partial charge in [0.1, 0.15) is 18.2 Å². The number of phenolic OH excluding ortho intramolecular Hbond substituents is 1. The average Bonchev–Trinajstić information content (AvgIpc) is 2.76. The van der Waals surface area contributed by atoms with Crippen LogP contribution in [-0.4, -0.2) is 22.2 Å². The fourth-order valence-electron chi connectivity index (χ4n) is 2.96. The van der Waals surface area contributed by atoms with Crippen LogP contribution < -0.4 is 14.8 Å². The Morgan fingerprint density at radius 1 is 1.10 bits per heavy atom. The molecule has 0 unspecified atom stereocenters. The zero-order chi connectivity index (χ0) is 21.1. The van der Waals surface area contributed by atoms with Crippen molar-refractivity contribution in [3.63, 3.8) is 0 Å². The minimum Gasteiger partial charge on any atom is -0.506 e. The van der Waals surface area contributed by atoms with E-state index in [2.05, 4.69) is 15.3 Å². The molecule has 0 atom stereocenters. The Bertz CT molecular complexity index is 1210. The van der Waals surface area contributed by atoms with Gasteiger partial charge in [0.15, 0.2) is 11.5 Å². The minimum atomic E-state index is -0.592. The van der Waals surface area contributed by atoms with Gasteiger partial charge in [-0.15, -0.1) is 0 Å². The highest BCUT2D eigenvalue weighted by Gasteiger charge is 2.13. The third kappa shape index (κ3) is 4.06. The molecule has 0 aliphatic carbocycles. The fraction of sp³-hybridized carbons (Fsp3) is 0.0909. The zero-order valence-corrected chi connectivity index (χ0v) is 16.7. The normalized spacial score (nSPS) is 10.8. The molecule has 0 bridgehead atoms. The van der Waals surface area contributed by atoms with Crippen molar-refractivity contribution in [2.24, 2.45) is 0 Å². The maximum atomic E-state index is 14.3. The van der Waals surface area contributed by atoms with Gasteiger partial charge in [-0.1, -0.05) is 17.7 Å². The van der Waals surface area contributed by atoms with E-state index in [4.69, 9.17) is 21.1 Å². The van der Waals surface area contributed by atoms with Gasteiger partial charge in [0.25, 0.3) is 0 Å². The van der Waals surface area contributed by atoms with Gasteiger partial charge in [0.2, 0.25) is 0 Å². The molecule has 0 amide bonds. The van der Waals surface area contributed by atoms with Crippen LogP contribution in [0.4, 0.5) is 15.8 Å². The standard InChI is InChI=1S/C22H17ClFN3O3/c1-29-21-7-14-17(27-19-9-20(28)15(23)8-16(19)24)4-6-26-18(14)10-22(21)30-12-13-3-2-5-25-11-13/h2-11,28H,12H2,1H3,(H,26,27). The molecule has 4 aromatic rings. The highest BCUT2D eigenvalue weighted by atomic mass is 35.5. The summed E-state index contributed by atoms with van der Waals surface area (Å²) in [5.74, 6) is 0.212. The molecule has 2 N–H and O–H groups in total. The summed E-state index contributed by atoms with van der Waals surface area (Å²) >= 11 is 5.75. The highest BCUT2D eigenvalue weighted by Crippen LogP contribution is 2.37. The largest absolute Gasteiger partial charge is 0.506 e. The third-order valence-corrected chi connectivity index (χ3v) is 4.75. The van der Waals surface area contributed by atoms with Gasteiger partial charge in [0, 0.05) is 47.4 Å². The first-order chi connectivity index (χ1) is 14.5. The monoisotopic (exact) mass is 425 g/mol. The number of halogens is 2. The number of methoxy groups -OCH3 is 1. The second-order valence-corrected chi connectivity index (χ2v) is 6.84. The molecule has 0 aliphatic heterocycles. The number of nitrogens with one attached hydrogen (secondary N) is 1. The predicted octanol–water partition coefficient (Wildman–Crippen LogP) is 5.46. The summed E-state index contributed by atoms with van der Waals surface area (Å²) in [6.45, 7) is 0.322. The maximum absolute atomic E-state index is 14.3. The van der Waals surface area contributed by atoms with E-state index in [1.807, 2.05) is 12.1 Å². The Morgan fingerprint density at radius 2 is 1.97 bits per heavy atom. The number of aromatic hydroxyl groups is 1. The maximum Gasteiger partial charge on any atom is 0.163 e. The van der Waals surface area contributed by atoms with E-state index < -0.39 is 5.82 Å². The Labute approximate surface area is 176 Å². The van der Waals surface area contributed by atoms with Gasteiger partial charge in [-0.05, 0) is 24.3 Å². The molecule has 6 nitrogen and oxygen atoms in total. The molecular weight excluding hydrogens is 409 g/mol. The van der Waals surface area contributed by atoms with Crippen LogP contribution in [0.2, 0.25) is 5.02 Å². The lowest BCUT2D eigenvalue weighted by Gasteiger charge is -2.15. The smallest absolute Gasteiger partial charge is 0.163 e. The number of ether oxygens (including phenoxy) is 2. The van der Waals surface area contributed by atoms with Crippen molar-refractivity contribution in [2.75, 3.05) is 12.4 Å². The van der Waals surface area contributed by atoms with Crippen molar-refractivity contribution in [3.8, 4) is 17.2 Å². The van der Waals surface area contributed by atoms with E-state index in [-0.39, 0.29) is 16.5 Å². The molecule has 2 aromatic heterocycles. The summed E-state index contributed by atoms with van der Waals surface area (Å²) < 4.78 is 25.6. The number of hydrogen-bond donors (Lipinski definition) is 2. The SMILES string of the molecule is COc1cc2c(Nc3cc(O)c(Cl)cc3F)ccnc2cc1OCc1cccnc1. The van der Waals surface area contributed by atoms with E-state index in [0.29, 0.717) is 34.7 Å². The van der Waals surface area contributed by atoms with Gasteiger partial charge < -0.3 is 19.9 Å². The predicted molar refractivity (Wildman–Crippen MR) is 113 cm³/mol. The topological polar surface area (TPSA) is 76.5 Å². The summed E-state index contributed by atoms with van der Waals surface area (Å²) in [7, 11) is 1.54. The van der Waals surface area contributed by atoms with E-state index in [0.717, 1.165) is 11.6 Å². The van der Waals surface area contributed by atoms with Gasteiger partial charge in [-0.25, -0.2) is 4.39 Å². The zero-order valence-electron chi connectivity index (χ0n) is 15.9. The van der Waals surface area contributed by atoms with Crippen LogP contribution in [0.15, 0.2) is 61.1 Å². The molecule has 152 valence electrons. The number of aromatic nitrogens is 2. The van der Waals surface area contributed by atoms with Crippen molar-refractivity contribution in [3.05, 3.63) is 77.5 Å². The number of phenols is 1. The molecule has 0 fully saturated rings. The van der Waals surface area contributed by atoms with Crippen molar-refractivity contribution in [1.29, 1.82) is 0 Å². The number of nitrogens with zero attached hydrogens (tertiary/aromatic N) is 2. The molecule has 4 rings (SSSR count).